The predicted octanol–water partition coefficient (Wildman–Crippen LogP) is 1.09. The lowest BCUT2D eigenvalue weighted by Crippen LogP contribution is -2.28. The van der Waals surface area contributed by atoms with E-state index in [0.29, 0.717) is 12.3 Å². The SMILES string of the molecule is CCNC(=O)COc1ccc(CC(C)N)cc1. The maximum absolute atomic E-state index is 11.2. The van der Waals surface area contributed by atoms with Crippen LogP contribution in [0, 0.1) is 0 Å². The molecule has 0 saturated heterocycles. The van der Waals surface area contributed by atoms with Gasteiger partial charge in [-0.25, -0.2) is 0 Å². The number of likely N-dealkylation sites (N-methyl/N-ethyl adjacent to an activating group) is 1. The van der Waals surface area contributed by atoms with Crippen LogP contribution in [0.2, 0.25) is 0 Å². The van der Waals surface area contributed by atoms with Gasteiger partial charge in [0.05, 0.1) is 0 Å². The van der Waals surface area contributed by atoms with E-state index in [2.05, 4.69) is 5.32 Å². The first-order valence-electron chi connectivity index (χ1n) is 5.85. The Hall–Kier alpha value is -1.55. The first kappa shape index (κ1) is 13.5. The molecule has 1 aromatic carbocycles. The van der Waals surface area contributed by atoms with E-state index in [0.717, 1.165) is 6.42 Å². The summed E-state index contributed by atoms with van der Waals surface area (Å²) in [6, 6.07) is 7.80. The topological polar surface area (TPSA) is 64.3 Å². The fourth-order valence-electron chi connectivity index (χ4n) is 1.49. The van der Waals surface area contributed by atoms with Gasteiger partial charge in [-0.3, -0.25) is 4.79 Å². The third-order valence-electron chi connectivity index (χ3n) is 2.22. The quantitative estimate of drug-likeness (QED) is 0.777. The molecule has 4 heteroatoms. The molecule has 0 aliphatic carbocycles. The van der Waals surface area contributed by atoms with E-state index in [1.807, 2.05) is 38.1 Å². The Morgan fingerprint density at radius 1 is 1.41 bits per heavy atom. The van der Waals surface area contributed by atoms with Gasteiger partial charge in [-0.15, -0.1) is 0 Å². The van der Waals surface area contributed by atoms with Crippen LogP contribution in [0.15, 0.2) is 24.3 Å². The molecule has 1 rings (SSSR count). The van der Waals surface area contributed by atoms with Crippen molar-refractivity contribution in [3.05, 3.63) is 29.8 Å². The van der Waals surface area contributed by atoms with Gasteiger partial charge < -0.3 is 15.8 Å². The molecule has 0 aliphatic heterocycles. The molecule has 0 aliphatic rings. The Morgan fingerprint density at radius 2 is 2.06 bits per heavy atom. The highest BCUT2D eigenvalue weighted by molar-refractivity contribution is 5.77. The molecule has 94 valence electrons. The third kappa shape index (κ3) is 5.36. The number of benzene rings is 1. The van der Waals surface area contributed by atoms with Crippen molar-refractivity contribution in [1.82, 2.24) is 5.32 Å². The van der Waals surface area contributed by atoms with Crippen LogP contribution in [0.1, 0.15) is 19.4 Å². The number of nitrogens with two attached hydrogens (primary N) is 1. The Bertz CT molecular complexity index is 347. The number of ether oxygens (including phenoxy) is 1. The van der Waals surface area contributed by atoms with Crippen LogP contribution in [0.4, 0.5) is 0 Å². The molecular formula is C13H20N2O2. The maximum atomic E-state index is 11.2. The number of nitrogens with one attached hydrogen (secondary N) is 1. The normalized spacial score (nSPS) is 11.9. The zero-order valence-corrected chi connectivity index (χ0v) is 10.4. The molecule has 1 unspecified atom stereocenters. The van der Waals surface area contributed by atoms with Crippen molar-refractivity contribution in [2.45, 2.75) is 26.3 Å². The summed E-state index contributed by atoms with van der Waals surface area (Å²) >= 11 is 0. The lowest BCUT2D eigenvalue weighted by molar-refractivity contribution is -0.122. The maximum Gasteiger partial charge on any atom is 0.257 e. The molecule has 0 heterocycles. The molecule has 0 bridgehead atoms. The number of rotatable bonds is 6. The summed E-state index contributed by atoms with van der Waals surface area (Å²) in [5.41, 5.74) is 6.88. The second-order valence-electron chi connectivity index (χ2n) is 4.07. The minimum absolute atomic E-state index is 0.0560. The van der Waals surface area contributed by atoms with Crippen LogP contribution in [-0.2, 0) is 11.2 Å². The predicted molar refractivity (Wildman–Crippen MR) is 68.0 cm³/mol. The average Bonchev–Trinajstić information content (AvgIpc) is 2.28. The highest BCUT2D eigenvalue weighted by Gasteiger charge is 2.02. The largest absolute Gasteiger partial charge is 0.484 e. The zero-order chi connectivity index (χ0) is 12.7. The molecule has 0 fully saturated rings. The summed E-state index contributed by atoms with van der Waals surface area (Å²) in [5, 5.41) is 2.67. The molecule has 1 aromatic rings. The number of amides is 1. The van der Waals surface area contributed by atoms with E-state index >= 15 is 0 Å². The fourth-order valence-corrected chi connectivity index (χ4v) is 1.49. The Labute approximate surface area is 102 Å². The van der Waals surface area contributed by atoms with E-state index in [1.54, 1.807) is 0 Å². The second-order valence-corrected chi connectivity index (χ2v) is 4.07. The van der Waals surface area contributed by atoms with Crippen LogP contribution in [0.5, 0.6) is 5.75 Å². The summed E-state index contributed by atoms with van der Waals surface area (Å²) in [5.74, 6) is 0.594. The van der Waals surface area contributed by atoms with Crippen LogP contribution < -0.4 is 15.8 Å². The van der Waals surface area contributed by atoms with E-state index in [1.165, 1.54) is 5.56 Å². The molecule has 17 heavy (non-hydrogen) atoms. The van der Waals surface area contributed by atoms with Crippen molar-refractivity contribution in [3.63, 3.8) is 0 Å². The molecule has 3 N–H and O–H groups in total. The van der Waals surface area contributed by atoms with Crippen LogP contribution >= 0.6 is 0 Å². The van der Waals surface area contributed by atoms with Crippen LogP contribution in [0.25, 0.3) is 0 Å². The van der Waals surface area contributed by atoms with Gasteiger partial charge >= 0.3 is 0 Å². The van der Waals surface area contributed by atoms with Gasteiger partial charge in [0.15, 0.2) is 6.61 Å². The minimum Gasteiger partial charge on any atom is -0.484 e. The first-order chi connectivity index (χ1) is 8.11. The van der Waals surface area contributed by atoms with Gasteiger partial charge in [-0.2, -0.15) is 0 Å². The van der Waals surface area contributed by atoms with Gasteiger partial charge in [0.1, 0.15) is 5.75 Å². The van der Waals surface area contributed by atoms with Gasteiger partial charge in [-0.05, 0) is 38.0 Å². The summed E-state index contributed by atoms with van der Waals surface area (Å²) in [6.45, 7) is 4.52. The van der Waals surface area contributed by atoms with Gasteiger partial charge in [0, 0.05) is 12.6 Å². The summed E-state index contributed by atoms with van der Waals surface area (Å²) in [4.78, 5) is 11.2. The molecule has 0 aromatic heterocycles. The standard InChI is InChI=1S/C13H20N2O2/c1-3-15-13(16)9-17-12-6-4-11(5-7-12)8-10(2)14/h4-7,10H,3,8-9,14H2,1-2H3,(H,15,16). The lowest BCUT2D eigenvalue weighted by atomic mass is 10.1. The number of carbonyl (C=O) groups is 1. The van der Waals surface area contributed by atoms with Crippen LogP contribution in [-0.4, -0.2) is 25.1 Å². The summed E-state index contributed by atoms with van der Waals surface area (Å²) in [7, 11) is 0. The van der Waals surface area contributed by atoms with Crippen molar-refractivity contribution in [1.29, 1.82) is 0 Å². The van der Waals surface area contributed by atoms with Gasteiger partial charge in [-0.1, -0.05) is 12.1 Å². The molecule has 0 radical (unpaired) electrons. The third-order valence-corrected chi connectivity index (χ3v) is 2.22. The monoisotopic (exact) mass is 236 g/mol. The first-order valence-corrected chi connectivity index (χ1v) is 5.85. The number of carbonyl (C=O) groups excluding carboxylic acids is 1. The molecule has 1 amide bonds. The highest BCUT2D eigenvalue weighted by Crippen LogP contribution is 2.12. The highest BCUT2D eigenvalue weighted by atomic mass is 16.5. The van der Waals surface area contributed by atoms with Crippen molar-refractivity contribution in [3.8, 4) is 5.75 Å². The molecular weight excluding hydrogens is 216 g/mol. The summed E-state index contributed by atoms with van der Waals surface area (Å²) < 4.78 is 5.34. The van der Waals surface area contributed by atoms with Crippen molar-refractivity contribution in [2.75, 3.05) is 13.2 Å². The zero-order valence-electron chi connectivity index (χ0n) is 10.4. The Balaban J connectivity index is 2.42. The molecule has 0 spiro atoms. The van der Waals surface area contributed by atoms with E-state index in [-0.39, 0.29) is 18.6 Å². The van der Waals surface area contributed by atoms with Crippen molar-refractivity contribution >= 4 is 5.91 Å². The van der Waals surface area contributed by atoms with Crippen molar-refractivity contribution in [2.24, 2.45) is 5.73 Å². The smallest absolute Gasteiger partial charge is 0.257 e. The second kappa shape index (κ2) is 6.91. The molecule has 1 atom stereocenters. The minimum atomic E-state index is -0.104. The van der Waals surface area contributed by atoms with Gasteiger partial charge in [0.25, 0.3) is 5.91 Å². The van der Waals surface area contributed by atoms with Crippen molar-refractivity contribution < 1.29 is 9.53 Å². The molecule has 4 nitrogen and oxygen atoms in total. The fraction of sp³-hybridized carbons (Fsp3) is 0.462. The Morgan fingerprint density at radius 3 is 2.59 bits per heavy atom. The van der Waals surface area contributed by atoms with Crippen LogP contribution in [0.3, 0.4) is 0 Å². The Kier molecular flexibility index (Phi) is 5.49. The average molecular weight is 236 g/mol. The van der Waals surface area contributed by atoms with E-state index in [9.17, 15) is 4.79 Å². The van der Waals surface area contributed by atoms with E-state index in [4.69, 9.17) is 10.5 Å². The lowest BCUT2D eigenvalue weighted by Gasteiger charge is -2.08. The summed E-state index contributed by atoms with van der Waals surface area (Å²) in [6.07, 6.45) is 0.844. The molecule has 0 saturated carbocycles. The van der Waals surface area contributed by atoms with Gasteiger partial charge in [0.2, 0.25) is 0 Å². The number of hydrogen-bond acceptors (Lipinski definition) is 3. The number of hydrogen-bond donors (Lipinski definition) is 2. The van der Waals surface area contributed by atoms with E-state index < -0.39 is 0 Å².